The first kappa shape index (κ1) is 28.4. The Bertz CT molecular complexity index is 1230. The molecule has 1 fully saturated rings. The number of rotatable bonds is 10. The number of oxazole rings is 1. The van der Waals surface area contributed by atoms with E-state index in [9.17, 15) is 4.79 Å². The number of anilines is 1. The van der Waals surface area contributed by atoms with E-state index in [1.165, 1.54) is 17.5 Å². The summed E-state index contributed by atoms with van der Waals surface area (Å²) in [6, 6.07) is 28.6. The van der Waals surface area contributed by atoms with Crippen LogP contribution in [0.3, 0.4) is 0 Å². The van der Waals surface area contributed by atoms with Crippen molar-refractivity contribution in [2.24, 2.45) is 0 Å². The minimum absolute atomic E-state index is 0. The van der Waals surface area contributed by atoms with Crippen LogP contribution in [0.2, 0.25) is 0 Å². The zero-order valence-electron chi connectivity index (χ0n) is 21.9. The SMILES string of the molecule is Cl.O=C(Nc1cccc(-c2cnco2)c1)N(CCC(c1ccccc1)c1ccccc1)CCN1CCOCC1. The first-order chi connectivity index (χ1) is 18.8. The number of urea groups is 1. The third-order valence-corrected chi connectivity index (χ3v) is 7.00. The zero-order chi connectivity index (χ0) is 26.0. The van der Waals surface area contributed by atoms with E-state index in [1.807, 2.05) is 41.3 Å². The highest BCUT2D eigenvalue weighted by Gasteiger charge is 2.21. The van der Waals surface area contributed by atoms with Crippen LogP contribution in [-0.2, 0) is 4.74 Å². The van der Waals surface area contributed by atoms with Crippen LogP contribution < -0.4 is 5.32 Å². The Hall–Kier alpha value is -3.65. The highest BCUT2D eigenvalue weighted by Crippen LogP contribution is 2.28. The van der Waals surface area contributed by atoms with E-state index in [1.54, 1.807) is 6.20 Å². The smallest absolute Gasteiger partial charge is 0.321 e. The maximum atomic E-state index is 13.6. The van der Waals surface area contributed by atoms with Crippen LogP contribution in [0.5, 0.6) is 0 Å². The van der Waals surface area contributed by atoms with Gasteiger partial charge in [-0.05, 0) is 29.7 Å². The number of hydrogen-bond acceptors (Lipinski definition) is 5. The van der Waals surface area contributed by atoms with Gasteiger partial charge in [0.1, 0.15) is 0 Å². The molecule has 1 saturated heterocycles. The lowest BCUT2D eigenvalue weighted by Crippen LogP contribution is -2.44. The van der Waals surface area contributed by atoms with E-state index in [-0.39, 0.29) is 24.4 Å². The third kappa shape index (κ3) is 7.93. The fourth-order valence-electron chi connectivity index (χ4n) is 4.89. The normalized spacial score (nSPS) is 13.6. The summed E-state index contributed by atoms with van der Waals surface area (Å²) in [6.45, 7) is 5.36. The van der Waals surface area contributed by atoms with Crippen molar-refractivity contribution in [3.63, 3.8) is 0 Å². The monoisotopic (exact) mass is 546 g/mol. The van der Waals surface area contributed by atoms with Gasteiger partial charge in [-0.3, -0.25) is 4.90 Å². The summed E-state index contributed by atoms with van der Waals surface area (Å²) in [5, 5.41) is 3.12. The molecular formula is C31H35ClN4O3. The molecule has 1 aliphatic heterocycles. The molecule has 1 N–H and O–H groups in total. The van der Waals surface area contributed by atoms with Gasteiger partial charge in [-0.2, -0.15) is 0 Å². The van der Waals surface area contributed by atoms with E-state index in [4.69, 9.17) is 9.15 Å². The van der Waals surface area contributed by atoms with E-state index in [2.05, 4.69) is 63.7 Å². The molecule has 2 amide bonds. The number of nitrogens with one attached hydrogen (secondary N) is 1. The molecule has 2 heterocycles. The summed E-state index contributed by atoms with van der Waals surface area (Å²) in [4.78, 5) is 21.9. The van der Waals surface area contributed by atoms with E-state index < -0.39 is 0 Å². The number of morpholine rings is 1. The molecule has 0 saturated carbocycles. The number of nitrogens with zero attached hydrogens (tertiary/aromatic N) is 3. The van der Waals surface area contributed by atoms with Gasteiger partial charge in [0.05, 0.1) is 19.4 Å². The fourth-order valence-corrected chi connectivity index (χ4v) is 4.89. The Morgan fingerprint density at radius 3 is 2.26 bits per heavy atom. The van der Waals surface area contributed by atoms with Crippen LogP contribution in [0.4, 0.5) is 10.5 Å². The molecular weight excluding hydrogens is 512 g/mol. The maximum absolute atomic E-state index is 13.6. The molecule has 39 heavy (non-hydrogen) atoms. The molecule has 0 unspecified atom stereocenters. The molecule has 0 spiro atoms. The Morgan fingerprint density at radius 2 is 1.62 bits per heavy atom. The number of hydrogen-bond donors (Lipinski definition) is 1. The first-order valence-electron chi connectivity index (χ1n) is 13.2. The molecule has 3 aromatic carbocycles. The number of carbonyl (C=O) groups excluding carboxylic acids is 1. The lowest BCUT2D eigenvalue weighted by Gasteiger charge is -2.31. The molecule has 7 nitrogen and oxygen atoms in total. The average Bonchev–Trinajstić information content (AvgIpc) is 3.52. The van der Waals surface area contributed by atoms with Crippen molar-refractivity contribution in [2.45, 2.75) is 12.3 Å². The van der Waals surface area contributed by atoms with Crippen LogP contribution in [0.15, 0.2) is 102 Å². The van der Waals surface area contributed by atoms with Gasteiger partial charge in [-0.1, -0.05) is 72.8 Å². The lowest BCUT2D eigenvalue weighted by atomic mass is 9.88. The Balaban J connectivity index is 0.00000353. The summed E-state index contributed by atoms with van der Waals surface area (Å²) < 4.78 is 10.9. The molecule has 0 radical (unpaired) electrons. The summed E-state index contributed by atoms with van der Waals surface area (Å²) in [7, 11) is 0. The second kappa shape index (κ2) is 14.5. The highest BCUT2D eigenvalue weighted by molar-refractivity contribution is 5.90. The predicted molar refractivity (Wildman–Crippen MR) is 156 cm³/mol. The van der Waals surface area contributed by atoms with Gasteiger partial charge in [0.25, 0.3) is 0 Å². The summed E-state index contributed by atoms with van der Waals surface area (Å²) in [5.74, 6) is 0.865. The molecule has 1 aliphatic rings. The Morgan fingerprint density at radius 1 is 0.923 bits per heavy atom. The standard InChI is InChI=1S/C31H34N4O3.ClH/c36-31(33-28-13-7-12-27(22-28)30-23-32-24-38-30)35(17-16-34-18-20-37-21-19-34)15-14-29(25-8-3-1-4-9-25)26-10-5-2-6-11-26;/h1-13,22-24,29H,14-21H2,(H,33,36);1H. The van der Waals surface area contributed by atoms with Crippen molar-refractivity contribution in [1.82, 2.24) is 14.8 Å². The van der Waals surface area contributed by atoms with Crippen molar-refractivity contribution < 1.29 is 13.9 Å². The Labute approximate surface area is 236 Å². The van der Waals surface area contributed by atoms with Gasteiger partial charge in [-0.25, -0.2) is 9.78 Å². The third-order valence-electron chi connectivity index (χ3n) is 7.00. The summed E-state index contributed by atoms with van der Waals surface area (Å²) in [6.07, 6.45) is 3.90. The van der Waals surface area contributed by atoms with E-state index in [0.29, 0.717) is 18.8 Å². The number of aromatic nitrogens is 1. The number of benzene rings is 3. The number of halogens is 1. The molecule has 0 aliphatic carbocycles. The van der Waals surface area contributed by atoms with Crippen molar-refractivity contribution >= 4 is 24.1 Å². The maximum Gasteiger partial charge on any atom is 0.321 e. The van der Waals surface area contributed by atoms with Crippen LogP contribution in [-0.4, -0.2) is 66.8 Å². The van der Waals surface area contributed by atoms with Gasteiger partial charge in [0, 0.05) is 49.9 Å². The van der Waals surface area contributed by atoms with Gasteiger partial charge < -0.3 is 19.4 Å². The van der Waals surface area contributed by atoms with Gasteiger partial charge in [-0.15, -0.1) is 12.4 Å². The Kier molecular flexibility index (Phi) is 10.5. The highest BCUT2D eigenvalue weighted by atomic mass is 35.5. The van der Waals surface area contributed by atoms with Crippen LogP contribution in [0.25, 0.3) is 11.3 Å². The average molecular weight is 547 g/mol. The van der Waals surface area contributed by atoms with Crippen LogP contribution in [0.1, 0.15) is 23.5 Å². The fraction of sp³-hybridized carbons (Fsp3) is 0.290. The number of ether oxygens (including phenoxy) is 1. The van der Waals surface area contributed by atoms with Gasteiger partial charge >= 0.3 is 6.03 Å². The molecule has 4 aromatic rings. The zero-order valence-corrected chi connectivity index (χ0v) is 22.8. The quantitative estimate of drug-likeness (QED) is 0.258. The van der Waals surface area contributed by atoms with E-state index >= 15 is 0 Å². The van der Waals surface area contributed by atoms with Crippen LogP contribution in [0, 0.1) is 0 Å². The van der Waals surface area contributed by atoms with Crippen molar-refractivity contribution in [2.75, 3.05) is 51.3 Å². The molecule has 0 atom stereocenters. The largest absolute Gasteiger partial charge is 0.444 e. The minimum Gasteiger partial charge on any atom is -0.444 e. The van der Waals surface area contributed by atoms with Crippen LogP contribution >= 0.6 is 12.4 Å². The topological polar surface area (TPSA) is 70.8 Å². The number of carbonyl (C=O) groups is 1. The van der Waals surface area contributed by atoms with Gasteiger partial charge in [0.15, 0.2) is 12.2 Å². The minimum atomic E-state index is -0.104. The van der Waals surface area contributed by atoms with Crippen molar-refractivity contribution in [1.29, 1.82) is 0 Å². The second-order valence-corrected chi connectivity index (χ2v) is 9.48. The van der Waals surface area contributed by atoms with Gasteiger partial charge in [0.2, 0.25) is 0 Å². The van der Waals surface area contributed by atoms with Crippen molar-refractivity contribution in [3.8, 4) is 11.3 Å². The first-order valence-corrected chi connectivity index (χ1v) is 13.2. The van der Waals surface area contributed by atoms with E-state index in [0.717, 1.165) is 50.5 Å². The number of amides is 2. The predicted octanol–water partition coefficient (Wildman–Crippen LogP) is 6.15. The van der Waals surface area contributed by atoms with Crippen molar-refractivity contribution in [3.05, 3.63) is 109 Å². The molecule has 1 aromatic heterocycles. The summed E-state index contributed by atoms with van der Waals surface area (Å²) >= 11 is 0. The molecule has 8 heteroatoms. The molecule has 0 bridgehead atoms. The lowest BCUT2D eigenvalue weighted by molar-refractivity contribution is 0.0351. The second-order valence-electron chi connectivity index (χ2n) is 9.48. The molecule has 204 valence electrons. The molecule has 5 rings (SSSR count). The summed E-state index contributed by atoms with van der Waals surface area (Å²) in [5.41, 5.74) is 4.11.